The molecule has 0 bridgehead atoms. The number of aromatic nitrogens is 2. The normalized spacial score (nSPS) is 18.0. The van der Waals surface area contributed by atoms with Gasteiger partial charge in [-0.2, -0.15) is 0 Å². The smallest absolute Gasteiger partial charge is 0.246 e. The molecular formula is C15H14F3N3O3. The second kappa shape index (κ2) is 6.60. The highest BCUT2D eigenvalue weighted by molar-refractivity contribution is 5.79. The number of aryl methyl sites for hydroxylation is 1. The Balaban J connectivity index is 1.70. The zero-order valence-corrected chi connectivity index (χ0v) is 12.8. The van der Waals surface area contributed by atoms with Gasteiger partial charge < -0.3 is 14.1 Å². The summed E-state index contributed by atoms with van der Waals surface area (Å²) >= 11 is 0. The maximum atomic E-state index is 13.7. The number of nitrogens with zero attached hydrogens (tertiary/aromatic N) is 3. The van der Waals surface area contributed by atoms with Crippen LogP contribution >= 0.6 is 0 Å². The second-order valence-electron chi connectivity index (χ2n) is 5.39. The Bertz CT molecular complexity index is 766. The molecule has 1 atom stereocenters. The van der Waals surface area contributed by atoms with Crippen molar-refractivity contribution in [2.75, 3.05) is 19.7 Å². The van der Waals surface area contributed by atoms with E-state index >= 15 is 0 Å². The van der Waals surface area contributed by atoms with Crippen LogP contribution in [0.15, 0.2) is 16.5 Å². The first-order chi connectivity index (χ1) is 11.4. The van der Waals surface area contributed by atoms with Crippen LogP contribution in [-0.4, -0.2) is 40.7 Å². The minimum Gasteiger partial charge on any atom is -0.423 e. The van der Waals surface area contributed by atoms with Crippen LogP contribution in [0.3, 0.4) is 0 Å². The van der Waals surface area contributed by atoms with Crippen molar-refractivity contribution in [1.82, 2.24) is 15.1 Å². The van der Waals surface area contributed by atoms with E-state index in [2.05, 4.69) is 10.2 Å². The quantitative estimate of drug-likeness (QED) is 0.798. The van der Waals surface area contributed by atoms with Gasteiger partial charge in [-0.3, -0.25) is 4.79 Å². The maximum absolute atomic E-state index is 13.7. The van der Waals surface area contributed by atoms with Crippen molar-refractivity contribution in [2.24, 2.45) is 0 Å². The predicted octanol–water partition coefficient (Wildman–Crippen LogP) is 1.94. The molecule has 0 radical (unpaired) electrons. The number of carbonyl (C=O) groups excluding carboxylic acids is 1. The fraction of sp³-hybridized carbons (Fsp3) is 0.400. The third-order valence-corrected chi connectivity index (χ3v) is 3.67. The first-order valence-electron chi connectivity index (χ1n) is 7.27. The third-order valence-electron chi connectivity index (χ3n) is 3.67. The van der Waals surface area contributed by atoms with Crippen molar-refractivity contribution >= 4 is 5.91 Å². The molecule has 0 saturated carbocycles. The minimum absolute atomic E-state index is 0.158. The second-order valence-corrected chi connectivity index (χ2v) is 5.39. The fourth-order valence-electron chi connectivity index (χ4n) is 2.44. The first kappa shape index (κ1) is 16.4. The van der Waals surface area contributed by atoms with E-state index in [1.165, 1.54) is 4.90 Å². The van der Waals surface area contributed by atoms with Crippen LogP contribution in [0, 0.1) is 24.4 Å². The summed E-state index contributed by atoms with van der Waals surface area (Å²) in [7, 11) is 0. The summed E-state index contributed by atoms with van der Waals surface area (Å²) in [4.78, 5) is 13.8. The van der Waals surface area contributed by atoms with Crippen molar-refractivity contribution in [1.29, 1.82) is 0 Å². The summed E-state index contributed by atoms with van der Waals surface area (Å²) in [6.07, 6.45) is -0.947. The number of amides is 1. The molecule has 9 heteroatoms. The van der Waals surface area contributed by atoms with Crippen LogP contribution in [-0.2, 0) is 16.0 Å². The van der Waals surface area contributed by atoms with Gasteiger partial charge in [-0.05, 0) is 6.07 Å². The molecule has 1 amide bonds. The lowest BCUT2D eigenvalue weighted by molar-refractivity contribution is -0.139. The van der Waals surface area contributed by atoms with Crippen LogP contribution in [0.2, 0.25) is 0 Å². The summed E-state index contributed by atoms with van der Waals surface area (Å²) in [5.41, 5.74) is -0.199. The van der Waals surface area contributed by atoms with Crippen molar-refractivity contribution in [2.45, 2.75) is 19.4 Å². The van der Waals surface area contributed by atoms with Crippen LogP contribution < -0.4 is 0 Å². The van der Waals surface area contributed by atoms with E-state index in [1.807, 2.05) is 0 Å². The molecule has 1 aliphatic rings. The van der Waals surface area contributed by atoms with Crippen LogP contribution in [0.4, 0.5) is 13.2 Å². The molecular weight excluding hydrogens is 327 g/mol. The summed E-state index contributed by atoms with van der Waals surface area (Å²) in [5, 5.41) is 7.55. The summed E-state index contributed by atoms with van der Waals surface area (Å²) in [6, 6.07) is 1.13. The largest absolute Gasteiger partial charge is 0.423 e. The minimum atomic E-state index is -1.29. The molecule has 1 aromatic carbocycles. The van der Waals surface area contributed by atoms with E-state index in [0.717, 1.165) is 0 Å². The van der Waals surface area contributed by atoms with Gasteiger partial charge >= 0.3 is 0 Å². The number of rotatable bonds is 3. The van der Waals surface area contributed by atoms with Gasteiger partial charge in [0.25, 0.3) is 0 Å². The molecule has 0 N–H and O–H groups in total. The maximum Gasteiger partial charge on any atom is 0.246 e. The van der Waals surface area contributed by atoms with Gasteiger partial charge in [0, 0.05) is 25.1 Å². The number of ether oxygens (including phenoxy) is 1. The zero-order chi connectivity index (χ0) is 17.3. The Hall–Kier alpha value is -2.42. The summed E-state index contributed by atoms with van der Waals surface area (Å²) in [6.45, 7) is 2.34. The number of hydrogen-bond acceptors (Lipinski definition) is 5. The molecule has 6 nitrogen and oxygen atoms in total. The number of benzene rings is 1. The molecule has 1 aliphatic heterocycles. The van der Waals surface area contributed by atoms with Crippen LogP contribution in [0.25, 0.3) is 0 Å². The van der Waals surface area contributed by atoms with Crippen molar-refractivity contribution < 1.29 is 27.1 Å². The lowest BCUT2D eigenvalue weighted by Gasteiger charge is -2.31. The molecule has 1 aromatic heterocycles. The zero-order valence-electron chi connectivity index (χ0n) is 12.8. The van der Waals surface area contributed by atoms with Gasteiger partial charge in [0.15, 0.2) is 17.7 Å². The predicted molar refractivity (Wildman–Crippen MR) is 74.3 cm³/mol. The topological polar surface area (TPSA) is 68.5 Å². The highest BCUT2D eigenvalue weighted by Gasteiger charge is 2.29. The van der Waals surface area contributed by atoms with Gasteiger partial charge in [0.05, 0.1) is 19.6 Å². The monoisotopic (exact) mass is 341 g/mol. The lowest BCUT2D eigenvalue weighted by atomic mass is 10.1. The van der Waals surface area contributed by atoms with Gasteiger partial charge in [0.1, 0.15) is 5.82 Å². The molecule has 0 aliphatic carbocycles. The Morgan fingerprint density at radius 3 is 2.71 bits per heavy atom. The highest BCUT2D eigenvalue weighted by Crippen LogP contribution is 2.22. The average Bonchev–Trinajstić information content (AvgIpc) is 2.99. The van der Waals surface area contributed by atoms with Crippen molar-refractivity contribution in [3.05, 3.63) is 46.9 Å². The van der Waals surface area contributed by atoms with Gasteiger partial charge in [0.2, 0.25) is 17.7 Å². The standard InChI is InChI=1S/C15H14F3N3O3/c1-8-19-20-15(24-8)13-7-21(2-3-23-13)14(22)5-9-4-11(17)12(18)6-10(9)16/h4,6,13H,2-3,5,7H2,1H3/t13-/m1/s1. The van der Waals surface area contributed by atoms with Crippen LogP contribution in [0.1, 0.15) is 23.4 Å². The number of carbonyl (C=O) groups is 1. The van der Waals surface area contributed by atoms with E-state index in [1.54, 1.807) is 6.92 Å². The highest BCUT2D eigenvalue weighted by atomic mass is 19.2. The van der Waals surface area contributed by atoms with E-state index < -0.39 is 29.5 Å². The number of hydrogen-bond donors (Lipinski definition) is 0. The summed E-state index contributed by atoms with van der Waals surface area (Å²) < 4.78 is 50.6. The van der Waals surface area contributed by atoms with E-state index in [-0.39, 0.29) is 31.0 Å². The van der Waals surface area contributed by atoms with Gasteiger partial charge in [-0.25, -0.2) is 13.2 Å². The van der Waals surface area contributed by atoms with Gasteiger partial charge in [-0.15, -0.1) is 10.2 Å². The molecule has 128 valence electrons. The average molecular weight is 341 g/mol. The lowest BCUT2D eigenvalue weighted by Crippen LogP contribution is -2.43. The molecule has 2 aromatic rings. The molecule has 1 fully saturated rings. The SMILES string of the molecule is Cc1nnc([C@H]2CN(C(=O)Cc3cc(F)c(F)cc3F)CCO2)o1. The van der Waals surface area contributed by atoms with Crippen molar-refractivity contribution in [3.8, 4) is 0 Å². The molecule has 0 spiro atoms. The van der Waals surface area contributed by atoms with E-state index in [0.29, 0.717) is 24.6 Å². The molecule has 3 rings (SSSR count). The fourth-order valence-corrected chi connectivity index (χ4v) is 2.44. The van der Waals surface area contributed by atoms with E-state index in [4.69, 9.17) is 9.15 Å². The molecule has 2 heterocycles. The Labute approximate surface area is 135 Å². The molecule has 0 unspecified atom stereocenters. The first-order valence-corrected chi connectivity index (χ1v) is 7.27. The Morgan fingerprint density at radius 1 is 1.25 bits per heavy atom. The number of morpholine rings is 1. The Morgan fingerprint density at radius 2 is 2.00 bits per heavy atom. The van der Waals surface area contributed by atoms with Gasteiger partial charge in [-0.1, -0.05) is 0 Å². The van der Waals surface area contributed by atoms with Crippen LogP contribution in [0.5, 0.6) is 0 Å². The Kier molecular flexibility index (Phi) is 4.52. The van der Waals surface area contributed by atoms with E-state index in [9.17, 15) is 18.0 Å². The third kappa shape index (κ3) is 3.40. The van der Waals surface area contributed by atoms with Crippen molar-refractivity contribution in [3.63, 3.8) is 0 Å². The molecule has 24 heavy (non-hydrogen) atoms. The molecule has 1 saturated heterocycles. The number of halogens is 3. The summed E-state index contributed by atoms with van der Waals surface area (Å²) in [5.74, 6) is -3.24.